The Hall–Kier alpha value is -1.75. The quantitative estimate of drug-likeness (QED) is 0.722. The van der Waals surface area contributed by atoms with Gasteiger partial charge >= 0.3 is 5.97 Å². The van der Waals surface area contributed by atoms with Crippen molar-refractivity contribution in [2.24, 2.45) is 10.9 Å². The fourth-order valence-electron chi connectivity index (χ4n) is 4.53. The molecule has 0 amide bonds. The van der Waals surface area contributed by atoms with Crippen molar-refractivity contribution in [3.05, 3.63) is 33.2 Å². The van der Waals surface area contributed by atoms with E-state index in [1.807, 2.05) is 6.92 Å². The largest absolute Gasteiger partial charge is 0.459 e. The maximum absolute atomic E-state index is 13.1. The minimum absolute atomic E-state index is 0.0148. The lowest BCUT2D eigenvalue weighted by Gasteiger charge is -2.35. The highest BCUT2D eigenvalue weighted by Gasteiger charge is 2.44. The molecule has 5 heteroatoms. The molecule has 2 fully saturated rings. The molecule has 3 aliphatic rings. The highest BCUT2D eigenvalue weighted by atomic mass is 32.1. The molecule has 1 aromatic heterocycles. The van der Waals surface area contributed by atoms with Crippen molar-refractivity contribution in [2.75, 3.05) is 0 Å². The fourth-order valence-corrected chi connectivity index (χ4v) is 5.56. The summed E-state index contributed by atoms with van der Waals surface area (Å²) >= 11 is 1.67. The van der Waals surface area contributed by atoms with Crippen molar-refractivity contribution in [1.82, 2.24) is 0 Å². The van der Waals surface area contributed by atoms with E-state index < -0.39 is 0 Å². The molecule has 4 rings (SSSR count). The molecular formula is C21H25NO3S. The summed E-state index contributed by atoms with van der Waals surface area (Å²) in [7, 11) is 0. The van der Waals surface area contributed by atoms with E-state index in [1.54, 1.807) is 11.3 Å². The fraction of sp³-hybridized carbons (Fsp3) is 0.571. The zero-order chi connectivity index (χ0) is 18.3. The number of nitrogens with zero attached hydrogens (tertiary/aromatic N) is 1. The molecule has 0 bridgehead atoms. The number of thiophene rings is 1. The minimum atomic E-state index is -0.295. The van der Waals surface area contributed by atoms with Crippen molar-refractivity contribution in [1.29, 1.82) is 0 Å². The van der Waals surface area contributed by atoms with Gasteiger partial charge in [0, 0.05) is 33.5 Å². The number of ether oxygens (including phenoxy) is 1. The lowest BCUT2D eigenvalue weighted by Crippen LogP contribution is -2.39. The number of hydrogen-bond acceptors (Lipinski definition) is 5. The van der Waals surface area contributed by atoms with E-state index >= 15 is 0 Å². The van der Waals surface area contributed by atoms with Crippen LogP contribution in [0.2, 0.25) is 0 Å². The number of hydrogen-bond donors (Lipinski definition) is 0. The van der Waals surface area contributed by atoms with E-state index in [0.717, 1.165) is 54.8 Å². The normalized spacial score (nSPS) is 26.7. The topological polar surface area (TPSA) is 55.7 Å². The zero-order valence-electron chi connectivity index (χ0n) is 15.4. The summed E-state index contributed by atoms with van der Waals surface area (Å²) in [4.78, 5) is 32.8. The van der Waals surface area contributed by atoms with Crippen LogP contribution in [0.1, 0.15) is 67.5 Å². The summed E-state index contributed by atoms with van der Waals surface area (Å²) < 4.78 is 5.82. The third-order valence-corrected chi connectivity index (χ3v) is 6.85. The van der Waals surface area contributed by atoms with Crippen LogP contribution >= 0.6 is 11.3 Å². The number of fused-ring (bicyclic) bond motifs is 1. The second kappa shape index (κ2) is 7.10. The Morgan fingerprint density at radius 3 is 2.58 bits per heavy atom. The molecule has 0 spiro atoms. The summed E-state index contributed by atoms with van der Waals surface area (Å²) in [6, 6.07) is 4.12. The second-order valence-electron chi connectivity index (χ2n) is 7.64. The number of rotatable bonds is 3. The molecular weight excluding hydrogens is 346 g/mol. The van der Waals surface area contributed by atoms with Crippen LogP contribution < -0.4 is 0 Å². The predicted octanol–water partition coefficient (Wildman–Crippen LogP) is 4.72. The van der Waals surface area contributed by atoms with E-state index in [1.165, 1.54) is 4.88 Å². The standard InChI is InChI=1S/C21H25NO3S/c1-12-10-11-17(26-12)20-18(21(24)25-14-6-3-4-7-14)13(2)22-15-8-5-9-16(23)19(15)20/h10-11,14,19-20H,3-9H2,1-2H3. The van der Waals surface area contributed by atoms with Crippen molar-refractivity contribution in [3.63, 3.8) is 0 Å². The van der Waals surface area contributed by atoms with E-state index in [4.69, 9.17) is 9.73 Å². The Kier molecular flexibility index (Phi) is 4.82. The van der Waals surface area contributed by atoms with Gasteiger partial charge in [0.05, 0.1) is 11.5 Å². The van der Waals surface area contributed by atoms with Gasteiger partial charge in [-0.25, -0.2) is 4.79 Å². The van der Waals surface area contributed by atoms with Crippen LogP contribution in [0.4, 0.5) is 0 Å². The lowest BCUT2D eigenvalue weighted by atomic mass is 9.71. The maximum atomic E-state index is 13.1. The zero-order valence-corrected chi connectivity index (χ0v) is 16.2. The number of esters is 1. The third kappa shape index (κ3) is 3.18. The number of aliphatic imine (C=N–C) groups is 1. The minimum Gasteiger partial charge on any atom is -0.459 e. The molecule has 1 aliphatic heterocycles. The Balaban J connectivity index is 1.75. The monoisotopic (exact) mass is 371 g/mol. The molecule has 1 aromatic rings. The van der Waals surface area contributed by atoms with E-state index in [9.17, 15) is 9.59 Å². The second-order valence-corrected chi connectivity index (χ2v) is 8.96. The highest BCUT2D eigenvalue weighted by molar-refractivity contribution is 7.12. The van der Waals surface area contributed by atoms with Gasteiger partial charge in [-0.3, -0.25) is 9.79 Å². The molecule has 138 valence electrons. The van der Waals surface area contributed by atoms with Crippen molar-refractivity contribution < 1.29 is 14.3 Å². The number of ketones is 1. The van der Waals surface area contributed by atoms with Crippen LogP contribution in [0, 0.1) is 12.8 Å². The molecule has 2 atom stereocenters. The first-order valence-electron chi connectivity index (χ1n) is 9.63. The Labute approximate surface area is 158 Å². The van der Waals surface area contributed by atoms with Gasteiger partial charge < -0.3 is 4.74 Å². The van der Waals surface area contributed by atoms with Gasteiger partial charge in [-0.1, -0.05) is 0 Å². The van der Waals surface area contributed by atoms with Crippen LogP contribution in [-0.2, 0) is 14.3 Å². The molecule has 26 heavy (non-hydrogen) atoms. The SMILES string of the molecule is CC1=C(C(=O)OC2CCCC2)C(c2ccc(C)s2)C2C(=O)CCCC2=N1. The highest BCUT2D eigenvalue weighted by Crippen LogP contribution is 2.45. The van der Waals surface area contributed by atoms with Gasteiger partial charge in [-0.15, -0.1) is 11.3 Å². The third-order valence-electron chi connectivity index (χ3n) is 5.77. The summed E-state index contributed by atoms with van der Waals surface area (Å²) in [5, 5.41) is 0. The van der Waals surface area contributed by atoms with Crippen LogP contribution in [0.5, 0.6) is 0 Å². The first kappa shape index (κ1) is 17.7. The predicted molar refractivity (Wildman–Crippen MR) is 103 cm³/mol. The van der Waals surface area contributed by atoms with Gasteiger partial charge in [0.2, 0.25) is 0 Å². The summed E-state index contributed by atoms with van der Waals surface area (Å²) in [5.74, 6) is -0.587. The average Bonchev–Trinajstić information content (AvgIpc) is 3.25. The molecule has 0 aromatic carbocycles. The molecule has 4 nitrogen and oxygen atoms in total. The Morgan fingerprint density at radius 1 is 1.12 bits per heavy atom. The molecule has 2 aliphatic carbocycles. The van der Waals surface area contributed by atoms with Crippen molar-refractivity contribution >= 4 is 28.8 Å². The molecule has 2 heterocycles. The number of Topliss-reactive ketones (excluding diaryl/α,β-unsaturated/α-hetero) is 1. The number of carbonyl (C=O) groups excluding carboxylic acids is 2. The lowest BCUT2D eigenvalue weighted by molar-refractivity contribution is -0.144. The molecule has 0 radical (unpaired) electrons. The molecule has 0 N–H and O–H groups in total. The molecule has 2 saturated carbocycles. The first-order valence-corrected chi connectivity index (χ1v) is 10.4. The number of carbonyl (C=O) groups is 2. The first-order chi connectivity index (χ1) is 12.5. The number of aryl methyl sites for hydroxylation is 1. The van der Waals surface area contributed by atoms with Crippen LogP contribution in [0.15, 0.2) is 28.4 Å². The van der Waals surface area contributed by atoms with Crippen molar-refractivity contribution in [2.45, 2.75) is 70.8 Å². The molecule has 0 saturated heterocycles. The van der Waals surface area contributed by atoms with Gasteiger partial charge in [-0.2, -0.15) is 0 Å². The average molecular weight is 372 g/mol. The Morgan fingerprint density at radius 2 is 1.88 bits per heavy atom. The summed E-state index contributed by atoms with van der Waals surface area (Å²) in [6.45, 7) is 3.95. The summed E-state index contributed by atoms with van der Waals surface area (Å²) in [5.41, 5.74) is 2.28. The Bertz CT molecular complexity index is 798. The van der Waals surface area contributed by atoms with Gasteiger partial charge in [0.15, 0.2) is 0 Å². The smallest absolute Gasteiger partial charge is 0.336 e. The van der Waals surface area contributed by atoms with Crippen LogP contribution in [0.3, 0.4) is 0 Å². The molecule has 2 unspecified atom stereocenters. The van der Waals surface area contributed by atoms with E-state index in [-0.39, 0.29) is 29.7 Å². The van der Waals surface area contributed by atoms with Gasteiger partial charge in [-0.05, 0) is 64.5 Å². The van der Waals surface area contributed by atoms with Crippen molar-refractivity contribution in [3.8, 4) is 0 Å². The number of allylic oxidation sites excluding steroid dienone is 1. The van der Waals surface area contributed by atoms with Crippen LogP contribution in [-0.4, -0.2) is 23.6 Å². The van der Waals surface area contributed by atoms with Crippen LogP contribution in [0.25, 0.3) is 0 Å². The maximum Gasteiger partial charge on any atom is 0.336 e. The van der Waals surface area contributed by atoms with Gasteiger partial charge in [0.1, 0.15) is 11.9 Å². The van der Waals surface area contributed by atoms with E-state index in [0.29, 0.717) is 12.0 Å². The van der Waals surface area contributed by atoms with Gasteiger partial charge in [0.25, 0.3) is 0 Å². The summed E-state index contributed by atoms with van der Waals surface area (Å²) in [6.07, 6.45) is 6.42. The van der Waals surface area contributed by atoms with E-state index in [2.05, 4.69) is 19.1 Å².